The Morgan fingerprint density at radius 2 is 2.00 bits per heavy atom. The van der Waals surface area contributed by atoms with Gasteiger partial charge in [0.25, 0.3) is 0 Å². The zero-order chi connectivity index (χ0) is 25.1. The van der Waals surface area contributed by atoms with Crippen molar-refractivity contribution in [2.24, 2.45) is 17.8 Å². The zero-order valence-electron chi connectivity index (χ0n) is 20.4. The maximum Gasteiger partial charge on any atom is 0.245 e. The molecule has 35 heavy (non-hydrogen) atoms. The van der Waals surface area contributed by atoms with Crippen LogP contribution >= 0.6 is 11.8 Å². The van der Waals surface area contributed by atoms with Crippen molar-refractivity contribution in [3.63, 3.8) is 0 Å². The highest BCUT2D eigenvalue weighted by Crippen LogP contribution is 2.71. The summed E-state index contributed by atoms with van der Waals surface area (Å²) in [5.41, 5.74) is 1.52. The van der Waals surface area contributed by atoms with Gasteiger partial charge >= 0.3 is 0 Å². The Labute approximate surface area is 208 Å². The molecule has 6 atom stereocenters. The average molecular weight is 501 g/mol. The van der Waals surface area contributed by atoms with Crippen LogP contribution in [0.25, 0.3) is 11.0 Å². The molecule has 3 saturated heterocycles. The number of aliphatic hydroxyl groups excluding tert-OH is 1. The fourth-order valence-corrected chi connectivity index (χ4v) is 8.82. The van der Waals surface area contributed by atoms with Crippen molar-refractivity contribution >= 4 is 40.5 Å². The fraction of sp³-hybridized carbons (Fsp3) is 0.625. The van der Waals surface area contributed by atoms with E-state index in [1.807, 2.05) is 45.0 Å². The third kappa shape index (κ3) is 3.38. The van der Waals surface area contributed by atoms with E-state index in [2.05, 4.69) is 20.9 Å². The summed E-state index contributed by atoms with van der Waals surface area (Å²) in [6, 6.07) is 6.17. The van der Waals surface area contributed by atoms with Crippen molar-refractivity contribution in [2.45, 2.75) is 61.9 Å². The van der Waals surface area contributed by atoms with Crippen molar-refractivity contribution in [3.05, 3.63) is 24.3 Å². The van der Waals surface area contributed by atoms with Gasteiger partial charge in [0.15, 0.2) is 0 Å². The Kier molecular flexibility index (Phi) is 5.83. The fourth-order valence-electron chi connectivity index (χ4n) is 6.48. The first-order valence-electron chi connectivity index (χ1n) is 12.1. The number of likely N-dealkylation sites (tertiary alicyclic amines) is 1. The number of nitrogens with zero attached hydrogens (tertiary/aromatic N) is 4. The second kappa shape index (κ2) is 8.48. The summed E-state index contributed by atoms with van der Waals surface area (Å²) >= 11 is 1.61. The van der Waals surface area contributed by atoms with Gasteiger partial charge in [-0.05, 0) is 37.8 Å². The summed E-state index contributed by atoms with van der Waals surface area (Å²) in [6.45, 7) is 5.74. The van der Waals surface area contributed by atoms with Gasteiger partial charge in [-0.1, -0.05) is 31.2 Å². The van der Waals surface area contributed by atoms with Gasteiger partial charge < -0.3 is 20.6 Å². The summed E-state index contributed by atoms with van der Waals surface area (Å²) in [7, 11) is 1.59. The van der Waals surface area contributed by atoms with Gasteiger partial charge in [-0.15, -0.1) is 16.9 Å². The van der Waals surface area contributed by atoms with E-state index in [0.717, 1.165) is 17.5 Å². The molecule has 0 saturated carbocycles. The van der Waals surface area contributed by atoms with E-state index >= 15 is 0 Å². The van der Waals surface area contributed by atoms with Gasteiger partial charge in [0.2, 0.25) is 17.7 Å². The summed E-state index contributed by atoms with van der Waals surface area (Å²) < 4.78 is 0.475. The predicted molar refractivity (Wildman–Crippen MR) is 131 cm³/mol. The van der Waals surface area contributed by atoms with Crippen LogP contribution in [0.15, 0.2) is 24.3 Å². The minimum Gasteiger partial charge on any atom is -0.394 e. The Bertz CT molecular complexity index is 1190. The molecular weight excluding hydrogens is 468 g/mol. The molecule has 3 aliphatic rings. The van der Waals surface area contributed by atoms with E-state index in [4.69, 9.17) is 0 Å². The number of hydrogen-bond donors (Lipinski definition) is 3. The lowest BCUT2D eigenvalue weighted by atomic mass is 9.66. The van der Waals surface area contributed by atoms with Crippen LogP contribution in [0.3, 0.4) is 0 Å². The Morgan fingerprint density at radius 3 is 2.69 bits per heavy atom. The number of thioether (sulfide) groups is 1. The minimum atomic E-state index is -0.796. The van der Waals surface area contributed by atoms with Crippen molar-refractivity contribution < 1.29 is 19.5 Å². The lowest BCUT2D eigenvalue weighted by Crippen LogP contribution is -2.57. The van der Waals surface area contributed by atoms with Crippen LogP contribution < -0.4 is 10.6 Å². The van der Waals surface area contributed by atoms with Crippen molar-refractivity contribution in [1.82, 2.24) is 30.5 Å². The van der Waals surface area contributed by atoms with Crippen LogP contribution in [0, 0.1) is 17.8 Å². The molecule has 10 nitrogen and oxygen atoms in total. The minimum absolute atomic E-state index is 0.0648. The third-order valence-corrected chi connectivity index (χ3v) is 10.1. The third-order valence-electron chi connectivity index (χ3n) is 8.13. The van der Waals surface area contributed by atoms with E-state index in [1.54, 1.807) is 28.4 Å². The molecule has 4 heterocycles. The van der Waals surface area contributed by atoms with Crippen LogP contribution in [0.4, 0.5) is 0 Å². The van der Waals surface area contributed by atoms with Crippen LogP contribution in [0.2, 0.25) is 0 Å². The average Bonchev–Trinajstić information content (AvgIpc) is 3.53. The first-order valence-corrected chi connectivity index (χ1v) is 12.9. The maximum atomic E-state index is 14.0. The lowest BCUT2D eigenvalue weighted by molar-refractivity contribution is -0.144. The molecule has 11 heteroatoms. The SMILES string of the molecule is CNC(=O)[C@H]1[C@H]2C(=O)N([C@@H](CO)C(C)C)C(C(=O)NCn3nnc4ccccc43)C23CC[C@]1(C)S3. The van der Waals surface area contributed by atoms with E-state index in [0.29, 0.717) is 6.42 Å². The lowest BCUT2D eigenvalue weighted by Gasteiger charge is -2.38. The largest absolute Gasteiger partial charge is 0.394 e. The topological polar surface area (TPSA) is 129 Å². The van der Waals surface area contributed by atoms with Gasteiger partial charge in [-0.3, -0.25) is 14.4 Å². The number of carbonyl (C=O) groups excluding carboxylic acids is 3. The molecule has 2 aromatic rings. The number of fused-ring (bicyclic) bond motifs is 2. The Balaban J connectivity index is 1.51. The zero-order valence-corrected chi connectivity index (χ0v) is 21.2. The molecular formula is C24H32N6O4S. The molecule has 188 valence electrons. The molecule has 2 unspecified atom stereocenters. The number of nitrogens with one attached hydrogen (secondary N) is 2. The summed E-state index contributed by atoms with van der Waals surface area (Å²) in [6.07, 6.45) is 1.41. The van der Waals surface area contributed by atoms with Gasteiger partial charge in [-0.2, -0.15) is 0 Å². The van der Waals surface area contributed by atoms with E-state index < -0.39 is 33.4 Å². The van der Waals surface area contributed by atoms with Crippen LogP contribution in [-0.4, -0.2) is 78.0 Å². The Morgan fingerprint density at radius 1 is 1.26 bits per heavy atom. The highest BCUT2D eigenvalue weighted by atomic mass is 32.2. The number of aliphatic hydroxyl groups is 1. The highest BCUT2D eigenvalue weighted by Gasteiger charge is 2.77. The molecule has 1 aromatic carbocycles. The normalized spacial score (nSPS) is 32.3. The maximum absolute atomic E-state index is 14.0. The van der Waals surface area contributed by atoms with Crippen LogP contribution in [-0.2, 0) is 21.1 Å². The first-order chi connectivity index (χ1) is 16.7. The Hall–Kier alpha value is -2.66. The number of aromatic nitrogens is 3. The smallest absolute Gasteiger partial charge is 0.245 e. The molecule has 2 bridgehead atoms. The van der Waals surface area contributed by atoms with E-state index in [-0.39, 0.29) is 36.9 Å². The van der Waals surface area contributed by atoms with Crippen LogP contribution in [0.5, 0.6) is 0 Å². The molecule has 3 aliphatic heterocycles. The number of benzene rings is 1. The van der Waals surface area contributed by atoms with Gasteiger partial charge in [0.05, 0.1) is 34.7 Å². The summed E-state index contributed by atoms with van der Waals surface area (Å²) in [5.74, 6) is -1.88. The van der Waals surface area contributed by atoms with Gasteiger partial charge in [-0.25, -0.2) is 4.68 Å². The van der Waals surface area contributed by atoms with Crippen molar-refractivity contribution in [1.29, 1.82) is 0 Å². The molecule has 3 fully saturated rings. The molecule has 3 amide bonds. The first kappa shape index (κ1) is 24.1. The standard InChI is InChI=1S/C24H32N6O4S/c1-13(2)16(11-31)30-19(21(33)26-12-29-15-8-6-5-7-14(15)27-28-29)24-10-9-23(3,35-24)17(20(32)25-4)18(24)22(30)34/h5-8,13,16-19,31H,9-12H2,1-4H3,(H,25,32)(H,26,33)/t16-,17+,18-,19?,23-,24?/m0/s1. The number of para-hydroxylation sites is 1. The molecule has 3 N–H and O–H groups in total. The van der Waals surface area contributed by atoms with Crippen LogP contribution in [0.1, 0.15) is 33.6 Å². The summed E-state index contributed by atoms with van der Waals surface area (Å²) in [5, 5.41) is 24.3. The molecule has 1 spiro atoms. The second-order valence-electron chi connectivity index (χ2n) is 10.4. The number of amides is 3. The summed E-state index contributed by atoms with van der Waals surface area (Å²) in [4.78, 5) is 42.4. The second-order valence-corrected chi connectivity index (χ2v) is 12.3. The molecule has 0 aliphatic carbocycles. The van der Waals surface area contributed by atoms with E-state index in [9.17, 15) is 19.5 Å². The van der Waals surface area contributed by atoms with Gasteiger partial charge in [0, 0.05) is 11.8 Å². The molecule has 5 rings (SSSR count). The molecule has 0 radical (unpaired) electrons. The number of rotatable bonds is 7. The van der Waals surface area contributed by atoms with Crippen molar-refractivity contribution in [3.8, 4) is 0 Å². The number of hydrogen-bond acceptors (Lipinski definition) is 7. The van der Waals surface area contributed by atoms with Crippen molar-refractivity contribution in [2.75, 3.05) is 13.7 Å². The quantitative estimate of drug-likeness (QED) is 0.512. The van der Waals surface area contributed by atoms with Gasteiger partial charge in [0.1, 0.15) is 18.2 Å². The van der Waals surface area contributed by atoms with E-state index in [1.165, 1.54) is 0 Å². The predicted octanol–water partition coefficient (Wildman–Crippen LogP) is 0.749. The number of carbonyl (C=O) groups is 3. The highest BCUT2D eigenvalue weighted by molar-refractivity contribution is 8.02. The monoisotopic (exact) mass is 500 g/mol. The molecule has 1 aromatic heterocycles.